The van der Waals surface area contributed by atoms with Gasteiger partial charge in [0.1, 0.15) is 0 Å². The Balaban J connectivity index is 2.31. The van der Waals surface area contributed by atoms with Crippen LogP contribution >= 0.6 is 0 Å². The van der Waals surface area contributed by atoms with E-state index in [9.17, 15) is 0 Å². The van der Waals surface area contributed by atoms with Crippen molar-refractivity contribution in [3.63, 3.8) is 0 Å². The number of rotatable bonds is 5. The van der Waals surface area contributed by atoms with E-state index in [0.29, 0.717) is 0 Å². The summed E-state index contributed by atoms with van der Waals surface area (Å²) in [7, 11) is 0. The molecule has 0 aliphatic heterocycles. The first-order chi connectivity index (χ1) is 9.72. The normalized spacial score (nSPS) is 11.2. The van der Waals surface area contributed by atoms with Crippen molar-refractivity contribution >= 4 is 12.2 Å². The second-order valence-corrected chi connectivity index (χ2v) is 5.42. The smallest absolute Gasteiger partial charge is 0.0221 e. The van der Waals surface area contributed by atoms with E-state index in [1.54, 1.807) is 0 Å². The van der Waals surface area contributed by atoms with Crippen LogP contribution in [0.3, 0.4) is 0 Å². The van der Waals surface area contributed by atoms with Gasteiger partial charge in [-0.1, -0.05) is 68.0 Å². The average Bonchev–Trinajstić information content (AvgIpc) is 2.48. The molecule has 0 heteroatoms. The zero-order valence-electron chi connectivity index (χ0n) is 12.8. The van der Waals surface area contributed by atoms with E-state index in [2.05, 4.69) is 75.4 Å². The Kier molecular flexibility index (Phi) is 5.17. The molecule has 0 aliphatic carbocycles. The van der Waals surface area contributed by atoms with Crippen LogP contribution in [0.4, 0.5) is 0 Å². The third-order valence-corrected chi connectivity index (χ3v) is 3.94. The highest BCUT2D eigenvalue weighted by Gasteiger charge is 2.05. The van der Waals surface area contributed by atoms with E-state index >= 15 is 0 Å². The van der Waals surface area contributed by atoms with Crippen LogP contribution in [0.2, 0.25) is 0 Å². The Bertz CT molecular complexity index is 576. The van der Waals surface area contributed by atoms with Crippen molar-refractivity contribution in [3.05, 3.63) is 70.3 Å². The highest BCUT2D eigenvalue weighted by molar-refractivity contribution is 5.72. The molecule has 0 N–H and O–H groups in total. The summed E-state index contributed by atoms with van der Waals surface area (Å²) < 4.78 is 0. The van der Waals surface area contributed by atoms with Gasteiger partial charge in [0.05, 0.1) is 0 Å². The van der Waals surface area contributed by atoms with Gasteiger partial charge >= 0.3 is 0 Å². The fourth-order valence-corrected chi connectivity index (χ4v) is 2.49. The Morgan fingerprint density at radius 2 is 1.65 bits per heavy atom. The molecule has 0 bridgehead atoms. The van der Waals surface area contributed by atoms with Gasteiger partial charge in [0.2, 0.25) is 0 Å². The Labute approximate surface area is 123 Å². The fraction of sp³-hybridized carbons (Fsp3) is 0.300. The first-order valence-corrected chi connectivity index (χ1v) is 7.54. The predicted octanol–water partition coefficient (Wildman–Crippen LogP) is 5.82. The monoisotopic (exact) mass is 264 g/mol. The maximum absolute atomic E-state index is 2.26. The summed E-state index contributed by atoms with van der Waals surface area (Å²) in [5, 5.41) is 0. The van der Waals surface area contributed by atoms with Crippen LogP contribution in [0, 0.1) is 13.8 Å². The van der Waals surface area contributed by atoms with E-state index in [4.69, 9.17) is 0 Å². The lowest BCUT2D eigenvalue weighted by Crippen LogP contribution is -1.96. The number of unbranched alkanes of at least 4 members (excludes halogenated alkanes) is 1. The molecule has 0 unspecified atom stereocenters. The average molecular weight is 264 g/mol. The summed E-state index contributed by atoms with van der Waals surface area (Å²) in [6.45, 7) is 6.71. The van der Waals surface area contributed by atoms with Gasteiger partial charge in [-0.2, -0.15) is 0 Å². The summed E-state index contributed by atoms with van der Waals surface area (Å²) in [6.07, 6.45) is 8.15. The number of hydrogen-bond donors (Lipinski definition) is 0. The Morgan fingerprint density at radius 1 is 0.900 bits per heavy atom. The molecule has 0 amide bonds. The van der Waals surface area contributed by atoms with Gasteiger partial charge in [0.25, 0.3) is 0 Å². The van der Waals surface area contributed by atoms with Crippen molar-refractivity contribution in [2.45, 2.75) is 40.0 Å². The van der Waals surface area contributed by atoms with Crippen molar-refractivity contribution in [1.82, 2.24) is 0 Å². The highest BCUT2D eigenvalue weighted by Crippen LogP contribution is 2.22. The molecule has 0 fully saturated rings. The van der Waals surface area contributed by atoms with E-state index in [1.165, 1.54) is 47.1 Å². The van der Waals surface area contributed by atoms with Crippen molar-refractivity contribution in [3.8, 4) is 0 Å². The zero-order chi connectivity index (χ0) is 14.4. The molecule has 20 heavy (non-hydrogen) atoms. The molecule has 0 nitrogen and oxygen atoms in total. The third-order valence-electron chi connectivity index (χ3n) is 3.94. The minimum atomic E-state index is 1.18. The molecule has 0 aromatic heterocycles. The lowest BCUT2D eigenvalue weighted by Gasteiger charge is -2.12. The Morgan fingerprint density at radius 3 is 2.35 bits per heavy atom. The van der Waals surface area contributed by atoms with Gasteiger partial charge in [-0.05, 0) is 54.5 Å². The minimum absolute atomic E-state index is 1.18. The van der Waals surface area contributed by atoms with E-state index in [-0.39, 0.29) is 0 Å². The molecule has 0 saturated heterocycles. The fourth-order valence-electron chi connectivity index (χ4n) is 2.49. The molecule has 0 aliphatic rings. The number of benzene rings is 2. The molecule has 2 aromatic carbocycles. The van der Waals surface area contributed by atoms with Crippen LogP contribution in [0.15, 0.2) is 42.5 Å². The van der Waals surface area contributed by atoms with Crippen molar-refractivity contribution < 1.29 is 0 Å². The first kappa shape index (κ1) is 14.6. The van der Waals surface area contributed by atoms with Crippen LogP contribution in [0.25, 0.3) is 12.2 Å². The molecule has 0 saturated carbocycles. The first-order valence-electron chi connectivity index (χ1n) is 7.54. The molecule has 2 aromatic rings. The van der Waals surface area contributed by atoms with Gasteiger partial charge < -0.3 is 0 Å². The van der Waals surface area contributed by atoms with Gasteiger partial charge in [0, 0.05) is 0 Å². The van der Waals surface area contributed by atoms with E-state index in [1.807, 2.05) is 0 Å². The number of aryl methyl sites for hydroxylation is 1. The molecule has 0 atom stereocenters. The number of hydrogen-bond acceptors (Lipinski definition) is 0. The van der Waals surface area contributed by atoms with Crippen molar-refractivity contribution in [2.75, 3.05) is 0 Å². The van der Waals surface area contributed by atoms with Gasteiger partial charge in [-0.3, -0.25) is 0 Å². The summed E-state index contributed by atoms with van der Waals surface area (Å²) in [4.78, 5) is 0. The lowest BCUT2D eigenvalue weighted by atomic mass is 9.93. The zero-order valence-corrected chi connectivity index (χ0v) is 12.8. The second kappa shape index (κ2) is 7.09. The van der Waals surface area contributed by atoms with Crippen LogP contribution in [0.5, 0.6) is 0 Å². The SMILES string of the molecule is CCCCc1c(/C=C/c2ccccc2)ccc(C)c1C. The van der Waals surface area contributed by atoms with Crippen LogP contribution in [-0.4, -0.2) is 0 Å². The highest BCUT2D eigenvalue weighted by atomic mass is 14.1. The molecule has 104 valence electrons. The van der Waals surface area contributed by atoms with Crippen LogP contribution < -0.4 is 0 Å². The van der Waals surface area contributed by atoms with Crippen LogP contribution in [-0.2, 0) is 6.42 Å². The predicted molar refractivity (Wildman–Crippen MR) is 89.9 cm³/mol. The summed E-state index contributed by atoms with van der Waals surface area (Å²) >= 11 is 0. The maximum atomic E-state index is 2.26. The maximum Gasteiger partial charge on any atom is -0.0221 e. The molecular formula is C20H24. The molecular weight excluding hydrogens is 240 g/mol. The van der Waals surface area contributed by atoms with Gasteiger partial charge in [-0.25, -0.2) is 0 Å². The quantitative estimate of drug-likeness (QED) is 0.597. The third kappa shape index (κ3) is 3.60. The van der Waals surface area contributed by atoms with Crippen molar-refractivity contribution in [1.29, 1.82) is 0 Å². The summed E-state index contributed by atoms with van der Waals surface area (Å²) in [6, 6.07) is 15.0. The Hall–Kier alpha value is -1.82. The van der Waals surface area contributed by atoms with Crippen LogP contribution in [0.1, 0.15) is 47.6 Å². The van der Waals surface area contributed by atoms with Crippen molar-refractivity contribution in [2.24, 2.45) is 0 Å². The van der Waals surface area contributed by atoms with E-state index in [0.717, 1.165) is 0 Å². The standard InChI is InChI=1S/C20H24/c1-4-5-11-20-17(3)16(2)12-14-19(20)15-13-18-9-7-6-8-10-18/h6-10,12-15H,4-5,11H2,1-3H3/b15-13+. The largest absolute Gasteiger partial charge is 0.0654 e. The topological polar surface area (TPSA) is 0 Å². The second-order valence-electron chi connectivity index (χ2n) is 5.42. The summed E-state index contributed by atoms with van der Waals surface area (Å²) in [5.74, 6) is 0. The van der Waals surface area contributed by atoms with Gasteiger partial charge in [-0.15, -0.1) is 0 Å². The molecule has 2 rings (SSSR count). The van der Waals surface area contributed by atoms with Gasteiger partial charge in [0.15, 0.2) is 0 Å². The molecule has 0 spiro atoms. The van der Waals surface area contributed by atoms with E-state index < -0.39 is 0 Å². The molecule has 0 heterocycles. The minimum Gasteiger partial charge on any atom is -0.0654 e. The summed E-state index contributed by atoms with van der Waals surface area (Å²) in [5.41, 5.74) is 6.98. The molecule has 0 radical (unpaired) electrons. The lowest BCUT2D eigenvalue weighted by molar-refractivity contribution is 0.789.